The molecule has 1 atom stereocenters. The van der Waals surface area contributed by atoms with Crippen molar-refractivity contribution < 1.29 is 9.47 Å². The van der Waals surface area contributed by atoms with Gasteiger partial charge in [-0.2, -0.15) is 0 Å². The third kappa shape index (κ3) is 4.92. The SMILES string of the molecule is CNCCC(C)(C)CCc1ccc2c(c1)OCC(C)CO2. The fourth-order valence-electron chi connectivity index (χ4n) is 2.52. The van der Waals surface area contributed by atoms with E-state index in [2.05, 4.69) is 44.3 Å². The van der Waals surface area contributed by atoms with Crippen LogP contribution in [0.4, 0.5) is 0 Å². The van der Waals surface area contributed by atoms with Crippen molar-refractivity contribution in [1.82, 2.24) is 5.32 Å². The Morgan fingerprint density at radius 2 is 1.86 bits per heavy atom. The number of hydrogen-bond acceptors (Lipinski definition) is 3. The van der Waals surface area contributed by atoms with Crippen molar-refractivity contribution in [3.8, 4) is 11.5 Å². The number of rotatable bonds is 6. The van der Waals surface area contributed by atoms with Gasteiger partial charge in [-0.25, -0.2) is 0 Å². The standard InChI is InChI=1S/C18H29NO2/c1-14-12-20-16-6-5-15(11-17(16)21-13-14)7-8-18(2,3)9-10-19-4/h5-6,11,14,19H,7-10,12-13H2,1-4H3. The fourth-order valence-corrected chi connectivity index (χ4v) is 2.52. The van der Waals surface area contributed by atoms with Crippen LogP contribution in [0.3, 0.4) is 0 Å². The van der Waals surface area contributed by atoms with E-state index in [0.717, 1.165) is 37.7 Å². The zero-order valence-electron chi connectivity index (χ0n) is 13.9. The van der Waals surface area contributed by atoms with Gasteiger partial charge in [0.1, 0.15) is 0 Å². The predicted molar refractivity (Wildman–Crippen MR) is 87.2 cm³/mol. The van der Waals surface area contributed by atoms with Crippen LogP contribution < -0.4 is 14.8 Å². The van der Waals surface area contributed by atoms with Crippen LogP contribution in [-0.4, -0.2) is 26.8 Å². The Hall–Kier alpha value is -1.22. The molecular weight excluding hydrogens is 262 g/mol. The molecule has 1 aromatic carbocycles. The van der Waals surface area contributed by atoms with Crippen LogP contribution in [0.5, 0.6) is 11.5 Å². The number of aryl methyl sites for hydroxylation is 1. The summed E-state index contributed by atoms with van der Waals surface area (Å²) in [5, 5.41) is 3.24. The summed E-state index contributed by atoms with van der Waals surface area (Å²) >= 11 is 0. The van der Waals surface area contributed by atoms with Gasteiger partial charge >= 0.3 is 0 Å². The van der Waals surface area contributed by atoms with Gasteiger partial charge in [0, 0.05) is 5.92 Å². The van der Waals surface area contributed by atoms with Crippen LogP contribution in [0.2, 0.25) is 0 Å². The number of benzene rings is 1. The Labute approximate surface area is 129 Å². The molecule has 3 nitrogen and oxygen atoms in total. The monoisotopic (exact) mass is 291 g/mol. The first-order valence-electron chi connectivity index (χ1n) is 8.03. The van der Waals surface area contributed by atoms with Crippen LogP contribution in [0.15, 0.2) is 18.2 Å². The molecule has 0 fully saturated rings. The van der Waals surface area contributed by atoms with Crippen molar-refractivity contribution in [2.24, 2.45) is 11.3 Å². The maximum Gasteiger partial charge on any atom is 0.161 e. The summed E-state index contributed by atoms with van der Waals surface area (Å²) < 4.78 is 11.6. The Bertz CT molecular complexity index is 457. The summed E-state index contributed by atoms with van der Waals surface area (Å²) in [6.45, 7) is 9.39. The first kappa shape index (κ1) is 16.2. The van der Waals surface area contributed by atoms with E-state index in [4.69, 9.17) is 9.47 Å². The van der Waals surface area contributed by atoms with Gasteiger partial charge in [0.25, 0.3) is 0 Å². The third-order valence-electron chi connectivity index (χ3n) is 4.20. The van der Waals surface area contributed by atoms with Crippen molar-refractivity contribution in [1.29, 1.82) is 0 Å². The molecule has 1 unspecified atom stereocenters. The maximum atomic E-state index is 5.86. The highest BCUT2D eigenvalue weighted by atomic mass is 16.5. The van der Waals surface area contributed by atoms with Gasteiger partial charge in [-0.05, 0) is 56.0 Å². The fraction of sp³-hybridized carbons (Fsp3) is 0.667. The molecule has 0 aliphatic carbocycles. The van der Waals surface area contributed by atoms with Gasteiger partial charge in [-0.15, -0.1) is 0 Å². The predicted octanol–water partition coefficient (Wildman–Crippen LogP) is 3.66. The first-order valence-corrected chi connectivity index (χ1v) is 8.03. The van der Waals surface area contributed by atoms with Gasteiger partial charge in [-0.3, -0.25) is 0 Å². The molecule has 0 spiro atoms. The van der Waals surface area contributed by atoms with Gasteiger partial charge in [-0.1, -0.05) is 26.8 Å². The smallest absolute Gasteiger partial charge is 0.161 e. The second-order valence-corrected chi connectivity index (χ2v) is 7.03. The summed E-state index contributed by atoms with van der Waals surface area (Å²) in [5.41, 5.74) is 1.70. The molecule has 0 radical (unpaired) electrons. The average Bonchev–Trinajstić information content (AvgIpc) is 2.65. The van der Waals surface area contributed by atoms with Crippen molar-refractivity contribution in [3.05, 3.63) is 23.8 Å². The van der Waals surface area contributed by atoms with E-state index >= 15 is 0 Å². The van der Waals surface area contributed by atoms with Crippen LogP contribution >= 0.6 is 0 Å². The Balaban J connectivity index is 1.96. The lowest BCUT2D eigenvalue weighted by Crippen LogP contribution is -2.20. The molecule has 118 valence electrons. The van der Waals surface area contributed by atoms with Gasteiger partial charge < -0.3 is 14.8 Å². The zero-order chi connectivity index (χ0) is 15.3. The van der Waals surface area contributed by atoms with Crippen molar-refractivity contribution in [3.63, 3.8) is 0 Å². The summed E-state index contributed by atoms with van der Waals surface area (Å²) in [5.74, 6) is 2.24. The zero-order valence-corrected chi connectivity index (χ0v) is 13.9. The van der Waals surface area contributed by atoms with E-state index in [9.17, 15) is 0 Å². The molecule has 1 heterocycles. The Kier molecular flexibility index (Phi) is 5.51. The van der Waals surface area contributed by atoms with Crippen LogP contribution in [0.1, 0.15) is 39.2 Å². The molecule has 3 heteroatoms. The summed E-state index contributed by atoms with van der Waals surface area (Å²) in [6, 6.07) is 6.39. The topological polar surface area (TPSA) is 30.5 Å². The average molecular weight is 291 g/mol. The van der Waals surface area contributed by atoms with Crippen molar-refractivity contribution in [2.75, 3.05) is 26.8 Å². The molecule has 0 saturated heterocycles. The molecule has 1 aromatic rings. The van der Waals surface area contributed by atoms with Gasteiger partial charge in [0.05, 0.1) is 13.2 Å². The quantitative estimate of drug-likeness (QED) is 0.867. The highest BCUT2D eigenvalue weighted by Gasteiger charge is 2.19. The van der Waals surface area contributed by atoms with E-state index in [0.29, 0.717) is 11.3 Å². The van der Waals surface area contributed by atoms with E-state index in [1.165, 1.54) is 18.4 Å². The van der Waals surface area contributed by atoms with E-state index in [1.807, 2.05) is 7.05 Å². The van der Waals surface area contributed by atoms with E-state index in [1.54, 1.807) is 0 Å². The normalized spacial score (nSPS) is 18.4. The Morgan fingerprint density at radius 1 is 1.14 bits per heavy atom. The lowest BCUT2D eigenvalue weighted by molar-refractivity contribution is 0.228. The Morgan fingerprint density at radius 3 is 2.57 bits per heavy atom. The molecule has 1 N–H and O–H groups in total. The molecule has 0 aromatic heterocycles. The van der Waals surface area contributed by atoms with Crippen LogP contribution in [0.25, 0.3) is 0 Å². The summed E-state index contributed by atoms with van der Waals surface area (Å²) in [4.78, 5) is 0. The number of nitrogens with one attached hydrogen (secondary N) is 1. The first-order chi connectivity index (χ1) is 10.00. The molecule has 2 rings (SSSR count). The van der Waals surface area contributed by atoms with E-state index < -0.39 is 0 Å². The number of hydrogen-bond donors (Lipinski definition) is 1. The minimum Gasteiger partial charge on any atom is -0.489 e. The minimum absolute atomic E-state index is 0.363. The van der Waals surface area contributed by atoms with Gasteiger partial charge in [0.2, 0.25) is 0 Å². The largest absolute Gasteiger partial charge is 0.489 e. The molecule has 1 aliphatic rings. The molecule has 1 aliphatic heterocycles. The molecule has 0 saturated carbocycles. The molecule has 0 bridgehead atoms. The number of fused-ring (bicyclic) bond motifs is 1. The van der Waals surface area contributed by atoms with Gasteiger partial charge in [0.15, 0.2) is 11.5 Å². The van der Waals surface area contributed by atoms with Crippen LogP contribution in [-0.2, 0) is 6.42 Å². The van der Waals surface area contributed by atoms with Crippen molar-refractivity contribution in [2.45, 2.75) is 40.0 Å². The third-order valence-corrected chi connectivity index (χ3v) is 4.20. The molecule has 0 amide bonds. The minimum atomic E-state index is 0.363. The lowest BCUT2D eigenvalue weighted by Gasteiger charge is -2.24. The molecular formula is C18H29NO2. The number of ether oxygens (including phenoxy) is 2. The van der Waals surface area contributed by atoms with Crippen LogP contribution in [0, 0.1) is 11.3 Å². The maximum absolute atomic E-state index is 5.86. The second-order valence-electron chi connectivity index (χ2n) is 7.03. The summed E-state index contributed by atoms with van der Waals surface area (Å²) in [6.07, 6.45) is 3.47. The van der Waals surface area contributed by atoms with E-state index in [-0.39, 0.29) is 0 Å². The molecule has 21 heavy (non-hydrogen) atoms. The highest BCUT2D eigenvalue weighted by molar-refractivity contribution is 5.43. The second kappa shape index (κ2) is 7.17. The summed E-state index contributed by atoms with van der Waals surface area (Å²) in [7, 11) is 2.01. The van der Waals surface area contributed by atoms with Crippen molar-refractivity contribution >= 4 is 0 Å². The lowest BCUT2D eigenvalue weighted by atomic mass is 9.83. The highest BCUT2D eigenvalue weighted by Crippen LogP contribution is 2.33.